The molecule has 0 spiro atoms. The predicted octanol–water partition coefficient (Wildman–Crippen LogP) is 3.08. The van der Waals surface area contributed by atoms with E-state index in [-0.39, 0.29) is 0 Å². The molecule has 0 unspecified atom stereocenters. The van der Waals surface area contributed by atoms with E-state index in [1.165, 1.54) is 25.6 Å². The first kappa shape index (κ1) is 12.4. The maximum absolute atomic E-state index is 8.26. The van der Waals surface area contributed by atoms with Gasteiger partial charge in [0, 0.05) is 5.92 Å². The van der Waals surface area contributed by atoms with Gasteiger partial charge in [-0.25, -0.2) is 10.0 Å². The van der Waals surface area contributed by atoms with Crippen LogP contribution < -0.4 is 0 Å². The van der Waals surface area contributed by atoms with Crippen LogP contribution in [-0.4, -0.2) is 28.5 Å². The van der Waals surface area contributed by atoms with Gasteiger partial charge in [-0.05, 0) is 19.1 Å². The van der Waals surface area contributed by atoms with E-state index in [9.17, 15) is 0 Å². The first-order chi connectivity index (χ1) is 8.24. The Kier molecular flexibility index (Phi) is 3.99. The van der Waals surface area contributed by atoms with Crippen LogP contribution in [0, 0.1) is 11.3 Å². The summed E-state index contributed by atoms with van der Waals surface area (Å²) in [4.78, 5) is 4.16. The second-order valence-corrected chi connectivity index (χ2v) is 5.14. The standard InChI is InChI=1S/C12H18N4S/c1-9-12(17-2)14-8-15-16(9)11(13)10-6-4-3-5-7-10/h8,10,13H,1,3-7H2,2H3. The number of aliphatic imine (C=N–C) groups is 1. The van der Waals surface area contributed by atoms with Crippen molar-refractivity contribution >= 4 is 29.0 Å². The molecule has 0 bridgehead atoms. The van der Waals surface area contributed by atoms with E-state index in [1.54, 1.807) is 16.8 Å². The van der Waals surface area contributed by atoms with Gasteiger partial charge in [-0.15, -0.1) is 11.8 Å². The number of hydrazone groups is 1. The number of thioether (sulfide) groups is 1. The van der Waals surface area contributed by atoms with Gasteiger partial charge in [0.1, 0.15) is 17.2 Å². The Balaban J connectivity index is 2.07. The zero-order valence-corrected chi connectivity index (χ0v) is 11.0. The summed E-state index contributed by atoms with van der Waals surface area (Å²) in [5.74, 6) is 0.909. The average Bonchev–Trinajstić information content (AvgIpc) is 2.39. The Morgan fingerprint density at radius 3 is 2.82 bits per heavy atom. The molecule has 1 aliphatic carbocycles. The van der Waals surface area contributed by atoms with Crippen LogP contribution in [0.2, 0.25) is 0 Å². The summed E-state index contributed by atoms with van der Waals surface area (Å²) in [6, 6.07) is 0. The van der Waals surface area contributed by atoms with Gasteiger partial charge in [-0.3, -0.25) is 5.41 Å². The highest BCUT2D eigenvalue weighted by Gasteiger charge is 2.26. The minimum Gasteiger partial charge on any atom is -0.286 e. The fourth-order valence-electron chi connectivity index (χ4n) is 2.29. The van der Waals surface area contributed by atoms with E-state index in [1.807, 2.05) is 6.26 Å². The molecular weight excluding hydrogens is 232 g/mol. The zero-order chi connectivity index (χ0) is 12.3. The molecule has 0 aromatic heterocycles. The molecule has 1 saturated carbocycles. The van der Waals surface area contributed by atoms with E-state index in [0.717, 1.165) is 23.6 Å². The van der Waals surface area contributed by atoms with Crippen LogP contribution in [0.5, 0.6) is 0 Å². The fourth-order valence-corrected chi connectivity index (χ4v) is 2.77. The second kappa shape index (κ2) is 5.49. The first-order valence-corrected chi connectivity index (χ1v) is 7.18. The van der Waals surface area contributed by atoms with E-state index >= 15 is 0 Å². The van der Waals surface area contributed by atoms with Crippen molar-refractivity contribution in [1.29, 1.82) is 5.41 Å². The molecule has 1 heterocycles. The average molecular weight is 250 g/mol. The number of amidine groups is 1. The Morgan fingerprint density at radius 1 is 1.47 bits per heavy atom. The van der Waals surface area contributed by atoms with Crippen LogP contribution in [0.25, 0.3) is 0 Å². The van der Waals surface area contributed by atoms with E-state index in [2.05, 4.69) is 16.7 Å². The normalized spacial score (nSPS) is 21.6. The highest BCUT2D eigenvalue weighted by Crippen LogP contribution is 2.28. The molecule has 0 atom stereocenters. The number of rotatable bonds is 1. The van der Waals surface area contributed by atoms with Crippen molar-refractivity contribution in [3.63, 3.8) is 0 Å². The van der Waals surface area contributed by atoms with E-state index in [4.69, 9.17) is 5.41 Å². The summed E-state index contributed by atoms with van der Waals surface area (Å²) in [5.41, 5.74) is 0.732. The van der Waals surface area contributed by atoms with Gasteiger partial charge in [0.2, 0.25) is 0 Å². The minimum absolute atomic E-state index is 0.332. The lowest BCUT2D eigenvalue weighted by Gasteiger charge is -2.30. The first-order valence-electron chi connectivity index (χ1n) is 5.96. The molecule has 1 fully saturated rings. The van der Waals surface area contributed by atoms with Crippen molar-refractivity contribution in [2.24, 2.45) is 16.0 Å². The molecule has 4 nitrogen and oxygen atoms in total. The molecule has 5 heteroatoms. The number of hydrogen-bond acceptors (Lipinski definition) is 4. The highest BCUT2D eigenvalue weighted by atomic mass is 32.2. The Labute approximate surface area is 106 Å². The molecule has 17 heavy (non-hydrogen) atoms. The molecule has 0 amide bonds. The molecule has 0 aromatic carbocycles. The van der Waals surface area contributed by atoms with Crippen LogP contribution in [-0.2, 0) is 0 Å². The Morgan fingerprint density at radius 2 is 2.18 bits per heavy atom. The zero-order valence-electron chi connectivity index (χ0n) is 10.1. The van der Waals surface area contributed by atoms with Gasteiger partial charge in [-0.1, -0.05) is 25.8 Å². The summed E-state index contributed by atoms with van der Waals surface area (Å²) in [7, 11) is 0. The molecule has 2 aliphatic rings. The number of nitrogens with zero attached hydrogens (tertiary/aromatic N) is 3. The predicted molar refractivity (Wildman–Crippen MR) is 74.7 cm³/mol. The van der Waals surface area contributed by atoms with Crippen molar-refractivity contribution in [1.82, 2.24) is 5.01 Å². The third-order valence-electron chi connectivity index (χ3n) is 3.26. The lowest BCUT2D eigenvalue weighted by Crippen LogP contribution is -2.35. The maximum Gasteiger partial charge on any atom is 0.137 e. The third-order valence-corrected chi connectivity index (χ3v) is 3.99. The van der Waals surface area contributed by atoms with Crippen molar-refractivity contribution in [2.45, 2.75) is 32.1 Å². The van der Waals surface area contributed by atoms with Crippen molar-refractivity contribution < 1.29 is 0 Å². The summed E-state index contributed by atoms with van der Waals surface area (Å²) in [6.45, 7) is 3.98. The monoisotopic (exact) mass is 250 g/mol. The van der Waals surface area contributed by atoms with E-state index < -0.39 is 0 Å². The summed E-state index contributed by atoms with van der Waals surface area (Å²) >= 11 is 1.54. The number of nitrogens with one attached hydrogen (secondary N) is 1. The van der Waals surface area contributed by atoms with Crippen molar-refractivity contribution in [2.75, 3.05) is 6.26 Å². The molecule has 2 rings (SSSR count). The lowest BCUT2D eigenvalue weighted by atomic mass is 9.88. The molecule has 1 N–H and O–H groups in total. The molecule has 0 saturated heterocycles. The van der Waals surface area contributed by atoms with Crippen molar-refractivity contribution in [3.8, 4) is 0 Å². The molecule has 0 aromatic rings. The topological polar surface area (TPSA) is 51.8 Å². The Hall–Kier alpha value is -1.10. The van der Waals surface area contributed by atoms with Crippen LogP contribution in [0.3, 0.4) is 0 Å². The summed E-state index contributed by atoms with van der Waals surface area (Å²) in [6.07, 6.45) is 9.42. The van der Waals surface area contributed by atoms with Gasteiger partial charge >= 0.3 is 0 Å². The summed E-state index contributed by atoms with van der Waals surface area (Å²) in [5, 5.41) is 14.9. The van der Waals surface area contributed by atoms with Gasteiger partial charge in [0.05, 0.1) is 5.70 Å². The van der Waals surface area contributed by atoms with Crippen LogP contribution in [0.1, 0.15) is 32.1 Å². The van der Waals surface area contributed by atoms with Crippen LogP contribution in [0.15, 0.2) is 22.4 Å². The van der Waals surface area contributed by atoms with Gasteiger partial charge in [-0.2, -0.15) is 5.10 Å². The second-order valence-electron chi connectivity index (χ2n) is 4.35. The minimum atomic E-state index is 0.332. The van der Waals surface area contributed by atoms with Gasteiger partial charge in [0.15, 0.2) is 0 Å². The van der Waals surface area contributed by atoms with Gasteiger partial charge in [0.25, 0.3) is 0 Å². The molecule has 92 valence electrons. The maximum atomic E-state index is 8.26. The molecular formula is C12H18N4S. The van der Waals surface area contributed by atoms with Crippen LogP contribution >= 0.6 is 11.8 Å². The largest absolute Gasteiger partial charge is 0.286 e. The summed E-state index contributed by atoms with van der Waals surface area (Å²) < 4.78 is 0. The molecule has 1 aliphatic heterocycles. The lowest BCUT2D eigenvalue weighted by molar-refractivity contribution is 0.400. The smallest absolute Gasteiger partial charge is 0.137 e. The highest BCUT2D eigenvalue weighted by molar-refractivity contribution is 8.13. The Bertz CT molecular complexity index is 380. The van der Waals surface area contributed by atoms with Crippen molar-refractivity contribution in [3.05, 3.63) is 12.3 Å². The quantitative estimate of drug-likeness (QED) is 0.574. The van der Waals surface area contributed by atoms with Crippen LogP contribution in [0.4, 0.5) is 0 Å². The number of hydrogen-bond donors (Lipinski definition) is 1. The van der Waals surface area contributed by atoms with Gasteiger partial charge < -0.3 is 0 Å². The molecule has 0 radical (unpaired) electrons. The van der Waals surface area contributed by atoms with E-state index in [0.29, 0.717) is 11.8 Å². The third kappa shape index (κ3) is 2.60. The fraction of sp³-hybridized carbons (Fsp3) is 0.583. The SMILES string of the molecule is C=C1C(SC)=NC=NN1C(=N)C1CCCCC1.